The number of H-pyrrole nitrogens is 1. The van der Waals surface area contributed by atoms with Crippen molar-refractivity contribution in [2.24, 2.45) is 0 Å². The number of benzene rings is 1. The zero-order chi connectivity index (χ0) is 11.1. The van der Waals surface area contributed by atoms with Crippen LogP contribution in [0.3, 0.4) is 0 Å². The van der Waals surface area contributed by atoms with Gasteiger partial charge in [0, 0.05) is 19.0 Å². The summed E-state index contributed by atoms with van der Waals surface area (Å²) in [5.41, 5.74) is 1.91. The van der Waals surface area contributed by atoms with Gasteiger partial charge >= 0.3 is 5.97 Å². The van der Waals surface area contributed by atoms with Gasteiger partial charge in [0.05, 0.1) is 16.6 Å². The largest absolute Gasteiger partial charge is 0.478 e. The Labute approximate surface area is 91.5 Å². The van der Waals surface area contributed by atoms with Crippen LogP contribution in [0.25, 0.3) is 11.0 Å². The molecule has 2 aromatic rings. The van der Waals surface area contributed by atoms with Crippen LogP contribution in [0.15, 0.2) is 18.2 Å². The van der Waals surface area contributed by atoms with Gasteiger partial charge in [0.25, 0.3) is 0 Å². The molecule has 82 valence electrons. The summed E-state index contributed by atoms with van der Waals surface area (Å²) < 4.78 is 0. The minimum absolute atomic E-state index is 0.287. The van der Waals surface area contributed by atoms with Gasteiger partial charge in [-0.05, 0) is 18.2 Å². The van der Waals surface area contributed by atoms with E-state index in [9.17, 15) is 4.79 Å². The van der Waals surface area contributed by atoms with Gasteiger partial charge in [-0.2, -0.15) is 0 Å². The van der Waals surface area contributed by atoms with E-state index in [1.807, 2.05) is 0 Å². The summed E-state index contributed by atoms with van der Waals surface area (Å²) >= 11 is 0. The van der Waals surface area contributed by atoms with Crippen LogP contribution in [-0.4, -0.2) is 34.1 Å². The number of fused-ring (bicyclic) bond motifs is 1. The van der Waals surface area contributed by atoms with Gasteiger partial charge in [0.2, 0.25) is 0 Å². The number of carboxylic acid groups (broad SMARTS) is 1. The Morgan fingerprint density at radius 3 is 2.88 bits per heavy atom. The average Bonchev–Trinajstić information content (AvgIpc) is 2.56. The standard InChI is InChI=1S/C11H11N3O2/c15-11(16)6-1-2-8-9(3-6)14-10(13-8)7-4-12-5-7/h1-3,7,12H,4-5H2,(H,13,14)(H,15,16). The van der Waals surface area contributed by atoms with Gasteiger partial charge in [0.15, 0.2) is 0 Å². The molecule has 1 aromatic heterocycles. The maximum atomic E-state index is 10.8. The van der Waals surface area contributed by atoms with Crippen molar-refractivity contribution in [3.05, 3.63) is 29.6 Å². The number of hydrogen-bond donors (Lipinski definition) is 3. The Hall–Kier alpha value is -1.88. The predicted octanol–water partition coefficient (Wildman–Crippen LogP) is 0.948. The molecule has 1 aliphatic rings. The van der Waals surface area contributed by atoms with Gasteiger partial charge in [-0.25, -0.2) is 9.78 Å². The lowest BCUT2D eigenvalue weighted by Gasteiger charge is -2.24. The third kappa shape index (κ3) is 1.37. The summed E-state index contributed by atoms with van der Waals surface area (Å²) in [4.78, 5) is 18.4. The van der Waals surface area contributed by atoms with Crippen LogP contribution in [-0.2, 0) is 0 Å². The molecule has 1 saturated heterocycles. The first-order valence-corrected chi connectivity index (χ1v) is 5.18. The van der Waals surface area contributed by atoms with Crippen molar-refractivity contribution in [3.8, 4) is 0 Å². The first kappa shape index (κ1) is 9.35. The Bertz CT molecular complexity index is 557. The first-order valence-electron chi connectivity index (χ1n) is 5.18. The summed E-state index contributed by atoms with van der Waals surface area (Å²) in [6.07, 6.45) is 0. The highest BCUT2D eigenvalue weighted by Crippen LogP contribution is 2.21. The molecule has 0 amide bonds. The average molecular weight is 217 g/mol. The first-order chi connectivity index (χ1) is 7.74. The number of carbonyl (C=O) groups is 1. The van der Waals surface area contributed by atoms with Gasteiger partial charge in [0.1, 0.15) is 5.82 Å². The molecule has 1 aromatic carbocycles. The molecule has 5 heteroatoms. The second-order valence-corrected chi connectivity index (χ2v) is 4.01. The molecular weight excluding hydrogens is 206 g/mol. The van der Waals surface area contributed by atoms with E-state index in [-0.39, 0.29) is 5.56 Å². The minimum atomic E-state index is -0.914. The van der Waals surface area contributed by atoms with E-state index in [4.69, 9.17) is 5.11 Å². The lowest BCUT2D eigenvalue weighted by Crippen LogP contribution is -2.40. The lowest BCUT2D eigenvalue weighted by atomic mass is 10.0. The van der Waals surface area contributed by atoms with E-state index in [2.05, 4.69) is 15.3 Å². The number of nitrogens with one attached hydrogen (secondary N) is 2. The number of aromatic nitrogens is 2. The van der Waals surface area contributed by atoms with Gasteiger partial charge in [-0.15, -0.1) is 0 Å². The summed E-state index contributed by atoms with van der Waals surface area (Å²) in [5.74, 6) is 0.459. The number of nitrogens with zero attached hydrogens (tertiary/aromatic N) is 1. The van der Waals surface area contributed by atoms with E-state index in [1.54, 1.807) is 18.2 Å². The number of hydrogen-bond acceptors (Lipinski definition) is 3. The lowest BCUT2D eigenvalue weighted by molar-refractivity contribution is 0.0697. The van der Waals surface area contributed by atoms with Crippen LogP contribution < -0.4 is 5.32 Å². The molecule has 3 rings (SSSR count). The Morgan fingerprint density at radius 2 is 2.25 bits per heavy atom. The van der Waals surface area contributed by atoms with Crippen LogP contribution >= 0.6 is 0 Å². The van der Waals surface area contributed by atoms with Crippen molar-refractivity contribution in [1.29, 1.82) is 0 Å². The van der Waals surface area contributed by atoms with Gasteiger partial charge < -0.3 is 15.4 Å². The van der Waals surface area contributed by atoms with Crippen molar-refractivity contribution in [2.75, 3.05) is 13.1 Å². The van der Waals surface area contributed by atoms with E-state index in [0.29, 0.717) is 5.92 Å². The zero-order valence-corrected chi connectivity index (χ0v) is 8.53. The molecule has 5 nitrogen and oxygen atoms in total. The quantitative estimate of drug-likeness (QED) is 0.699. The Morgan fingerprint density at radius 1 is 1.44 bits per heavy atom. The monoisotopic (exact) mass is 217 g/mol. The second-order valence-electron chi connectivity index (χ2n) is 4.01. The molecule has 0 unspecified atom stereocenters. The van der Waals surface area contributed by atoms with E-state index >= 15 is 0 Å². The summed E-state index contributed by atoms with van der Waals surface area (Å²) in [6.45, 7) is 1.87. The van der Waals surface area contributed by atoms with E-state index < -0.39 is 5.97 Å². The smallest absolute Gasteiger partial charge is 0.335 e. The van der Waals surface area contributed by atoms with E-state index in [0.717, 1.165) is 29.9 Å². The molecule has 0 atom stereocenters. The highest BCUT2D eigenvalue weighted by atomic mass is 16.4. The number of aromatic carboxylic acids is 1. The molecule has 0 spiro atoms. The fourth-order valence-electron chi connectivity index (χ4n) is 1.84. The van der Waals surface area contributed by atoms with Crippen molar-refractivity contribution in [3.63, 3.8) is 0 Å². The van der Waals surface area contributed by atoms with Gasteiger partial charge in [-0.1, -0.05) is 0 Å². The number of imidazole rings is 1. The summed E-state index contributed by atoms with van der Waals surface area (Å²) in [6, 6.07) is 4.94. The van der Waals surface area contributed by atoms with Crippen LogP contribution in [0.2, 0.25) is 0 Å². The summed E-state index contributed by atoms with van der Waals surface area (Å²) in [7, 11) is 0. The molecule has 0 radical (unpaired) electrons. The number of aromatic amines is 1. The fourth-order valence-corrected chi connectivity index (χ4v) is 1.84. The maximum absolute atomic E-state index is 10.8. The molecule has 0 bridgehead atoms. The molecule has 0 aliphatic carbocycles. The maximum Gasteiger partial charge on any atom is 0.335 e. The predicted molar refractivity (Wildman–Crippen MR) is 58.7 cm³/mol. The summed E-state index contributed by atoms with van der Waals surface area (Å²) in [5, 5.41) is 12.1. The van der Waals surface area contributed by atoms with E-state index in [1.165, 1.54) is 0 Å². The second kappa shape index (κ2) is 3.31. The molecule has 16 heavy (non-hydrogen) atoms. The molecule has 2 heterocycles. The SMILES string of the molecule is O=C(O)c1ccc2nc(C3CNC3)[nH]c2c1. The topological polar surface area (TPSA) is 78.0 Å². The van der Waals surface area contributed by atoms with Crippen molar-refractivity contribution >= 4 is 17.0 Å². The van der Waals surface area contributed by atoms with Crippen molar-refractivity contribution < 1.29 is 9.90 Å². The van der Waals surface area contributed by atoms with Crippen LogP contribution in [0.5, 0.6) is 0 Å². The van der Waals surface area contributed by atoms with Crippen LogP contribution in [0.4, 0.5) is 0 Å². The zero-order valence-electron chi connectivity index (χ0n) is 8.53. The van der Waals surface area contributed by atoms with Crippen molar-refractivity contribution in [1.82, 2.24) is 15.3 Å². The Balaban J connectivity index is 2.06. The number of carboxylic acids is 1. The highest BCUT2D eigenvalue weighted by Gasteiger charge is 2.22. The molecule has 3 N–H and O–H groups in total. The molecular formula is C11H11N3O2. The number of rotatable bonds is 2. The highest BCUT2D eigenvalue weighted by molar-refractivity contribution is 5.92. The molecule has 1 aliphatic heterocycles. The van der Waals surface area contributed by atoms with Crippen LogP contribution in [0.1, 0.15) is 22.1 Å². The minimum Gasteiger partial charge on any atom is -0.478 e. The Kier molecular flexibility index (Phi) is 1.94. The van der Waals surface area contributed by atoms with Crippen molar-refractivity contribution in [2.45, 2.75) is 5.92 Å². The molecule has 1 fully saturated rings. The normalized spacial score (nSPS) is 16.2. The third-order valence-corrected chi connectivity index (χ3v) is 2.92. The van der Waals surface area contributed by atoms with Crippen LogP contribution in [0, 0.1) is 0 Å². The molecule has 0 saturated carbocycles. The third-order valence-electron chi connectivity index (χ3n) is 2.92. The van der Waals surface area contributed by atoms with Gasteiger partial charge in [-0.3, -0.25) is 0 Å². The fraction of sp³-hybridized carbons (Fsp3) is 0.273.